The standard InChI is InChI=1S/C6H15N.C4HF9O3S/c1-4-6-7(3)5-2;5-1(6,3(9,10)11)2(7,8)4(12,13)17(14,15)16/h4-6H2,1-3H3;(H,14,15,16). The minimum atomic E-state index is -7.37. The van der Waals surface area contributed by atoms with Crippen molar-refractivity contribution in [2.24, 2.45) is 0 Å². The highest BCUT2D eigenvalue weighted by atomic mass is 32.2. The number of alkyl halides is 9. The second kappa shape index (κ2) is 8.08. The normalized spacial score (nSPS) is 14.4. The zero-order valence-corrected chi connectivity index (χ0v) is 13.5. The van der Waals surface area contributed by atoms with Crippen molar-refractivity contribution in [2.75, 3.05) is 20.1 Å². The average Bonchev–Trinajstić information content (AvgIpc) is 2.36. The van der Waals surface area contributed by atoms with Crippen LogP contribution in [0.3, 0.4) is 0 Å². The first-order valence-corrected chi connectivity index (χ1v) is 7.60. The van der Waals surface area contributed by atoms with Gasteiger partial charge in [-0.25, -0.2) is 0 Å². The van der Waals surface area contributed by atoms with Gasteiger partial charge in [-0.1, -0.05) is 13.8 Å². The smallest absolute Gasteiger partial charge is 0.307 e. The van der Waals surface area contributed by atoms with E-state index in [0.29, 0.717) is 0 Å². The number of hydrogen-bond acceptors (Lipinski definition) is 3. The van der Waals surface area contributed by atoms with Crippen molar-refractivity contribution in [3.8, 4) is 0 Å². The van der Waals surface area contributed by atoms with E-state index in [4.69, 9.17) is 4.55 Å². The first-order valence-electron chi connectivity index (χ1n) is 6.16. The molecule has 0 aromatic carbocycles. The first-order chi connectivity index (χ1) is 10.3. The van der Waals surface area contributed by atoms with E-state index in [-0.39, 0.29) is 0 Å². The molecule has 0 aliphatic heterocycles. The Hall–Kier alpha value is -0.760. The van der Waals surface area contributed by atoms with Crippen LogP contribution in [0.15, 0.2) is 0 Å². The number of halogens is 9. The Balaban J connectivity index is 0. The third kappa shape index (κ3) is 5.37. The maximum Gasteiger partial charge on any atom is 0.460 e. The van der Waals surface area contributed by atoms with Gasteiger partial charge in [-0.3, -0.25) is 4.55 Å². The fourth-order valence-corrected chi connectivity index (χ4v) is 1.51. The molecule has 0 fully saturated rings. The summed E-state index contributed by atoms with van der Waals surface area (Å²) in [4.78, 5) is 2.31. The van der Waals surface area contributed by atoms with Crippen molar-refractivity contribution in [2.45, 2.75) is 43.5 Å². The quantitative estimate of drug-likeness (QED) is 0.545. The first kappa shape index (κ1) is 25.5. The summed E-state index contributed by atoms with van der Waals surface area (Å²) >= 11 is 0. The maximum atomic E-state index is 12.2. The van der Waals surface area contributed by atoms with Crippen LogP contribution < -0.4 is 0 Å². The molecular weight excluding hydrogens is 385 g/mol. The van der Waals surface area contributed by atoms with Crippen molar-refractivity contribution in [1.29, 1.82) is 0 Å². The van der Waals surface area contributed by atoms with Crippen LogP contribution in [0.1, 0.15) is 20.3 Å². The minimum absolute atomic E-state index is 1.17. The Morgan fingerprint density at radius 3 is 1.42 bits per heavy atom. The van der Waals surface area contributed by atoms with Gasteiger partial charge >= 0.3 is 33.4 Å². The summed E-state index contributed by atoms with van der Waals surface area (Å²) < 4.78 is 134. The van der Waals surface area contributed by atoms with Gasteiger partial charge in [0.05, 0.1) is 0 Å². The molecule has 0 radical (unpaired) electrons. The van der Waals surface area contributed by atoms with Crippen LogP contribution in [0.5, 0.6) is 0 Å². The van der Waals surface area contributed by atoms with Gasteiger partial charge in [0.1, 0.15) is 0 Å². The summed E-state index contributed by atoms with van der Waals surface area (Å²) in [6.45, 7) is 6.78. The molecule has 0 aliphatic carbocycles. The van der Waals surface area contributed by atoms with Gasteiger partial charge in [0.2, 0.25) is 0 Å². The van der Waals surface area contributed by atoms with E-state index < -0.39 is 33.4 Å². The second-order valence-corrected chi connectivity index (χ2v) is 6.00. The lowest BCUT2D eigenvalue weighted by Crippen LogP contribution is -2.63. The van der Waals surface area contributed by atoms with Crippen LogP contribution in [0.2, 0.25) is 0 Å². The van der Waals surface area contributed by atoms with Crippen molar-refractivity contribution < 1.29 is 52.5 Å². The monoisotopic (exact) mass is 401 g/mol. The molecule has 0 aromatic rings. The minimum Gasteiger partial charge on any atom is -0.307 e. The lowest BCUT2D eigenvalue weighted by molar-refractivity contribution is -0.382. The number of hydrogen-bond donors (Lipinski definition) is 1. The van der Waals surface area contributed by atoms with Gasteiger partial charge in [-0.15, -0.1) is 0 Å². The molecule has 0 aromatic heterocycles. The topological polar surface area (TPSA) is 57.6 Å². The molecular formula is C10H16F9NO3S. The molecule has 148 valence electrons. The van der Waals surface area contributed by atoms with Crippen molar-refractivity contribution >= 4 is 10.1 Å². The molecule has 0 atom stereocenters. The van der Waals surface area contributed by atoms with E-state index in [0.717, 1.165) is 0 Å². The molecule has 4 nitrogen and oxygen atoms in total. The Morgan fingerprint density at radius 2 is 1.25 bits per heavy atom. The summed E-state index contributed by atoms with van der Waals surface area (Å²) in [5, 5.41) is -7.00. The van der Waals surface area contributed by atoms with Crippen molar-refractivity contribution in [1.82, 2.24) is 4.90 Å². The summed E-state index contributed by atoms with van der Waals surface area (Å²) in [6.07, 6.45) is -5.87. The zero-order chi connectivity index (χ0) is 20.2. The highest BCUT2D eigenvalue weighted by Crippen LogP contribution is 2.54. The third-order valence-electron chi connectivity index (χ3n) is 2.59. The van der Waals surface area contributed by atoms with Gasteiger partial charge in [0, 0.05) is 0 Å². The highest BCUT2D eigenvalue weighted by molar-refractivity contribution is 7.87. The fraction of sp³-hybridized carbons (Fsp3) is 1.00. The van der Waals surface area contributed by atoms with Gasteiger partial charge in [-0.05, 0) is 26.6 Å². The van der Waals surface area contributed by atoms with Crippen LogP contribution in [0, 0.1) is 0 Å². The highest BCUT2D eigenvalue weighted by Gasteiger charge is 2.85. The van der Waals surface area contributed by atoms with Crippen molar-refractivity contribution in [3.63, 3.8) is 0 Å². The Kier molecular flexibility index (Phi) is 8.58. The largest absolute Gasteiger partial charge is 0.460 e. The molecule has 0 saturated carbocycles. The fourth-order valence-electron chi connectivity index (χ4n) is 1.06. The summed E-state index contributed by atoms with van der Waals surface area (Å²) in [6, 6.07) is 0. The van der Waals surface area contributed by atoms with Gasteiger partial charge < -0.3 is 4.90 Å². The zero-order valence-electron chi connectivity index (χ0n) is 12.6. The molecule has 0 unspecified atom stereocenters. The van der Waals surface area contributed by atoms with Crippen LogP contribution >= 0.6 is 0 Å². The van der Waals surface area contributed by atoms with Crippen LogP contribution in [0.25, 0.3) is 0 Å². The van der Waals surface area contributed by atoms with E-state index >= 15 is 0 Å². The SMILES string of the molecule is CCCN(C)CC.O=S(=O)(O)C(F)(F)C(F)(F)C(F)(F)C(F)(F)F. The summed E-state index contributed by atoms with van der Waals surface area (Å²) in [5.74, 6) is -14.7. The molecule has 0 aliphatic rings. The van der Waals surface area contributed by atoms with E-state index in [1.54, 1.807) is 0 Å². The molecule has 0 bridgehead atoms. The van der Waals surface area contributed by atoms with Gasteiger partial charge in [-0.2, -0.15) is 47.9 Å². The van der Waals surface area contributed by atoms with Crippen LogP contribution in [-0.4, -0.2) is 61.3 Å². The van der Waals surface area contributed by atoms with E-state index in [2.05, 4.69) is 25.8 Å². The van der Waals surface area contributed by atoms with E-state index in [1.165, 1.54) is 19.5 Å². The van der Waals surface area contributed by atoms with E-state index in [1.807, 2.05) is 0 Å². The maximum absolute atomic E-state index is 12.2. The predicted molar refractivity (Wildman–Crippen MR) is 65.9 cm³/mol. The molecule has 0 spiro atoms. The molecule has 0 heterocycles. The third-order valence-corrected chi connectivity index (χ3v) is 3.49. The predicted octanol–water partition coefficient (Wildman–Crippen LogP) is 3.65. The molecule has 0 rings (SSSR count). The summed E-state index contributed by atoms with van der Waals surface area (Å²) in [5.41, 5.74) is 0. The van der Waals surface area contributed by atoms with Gasteiger partial charge in [0.25, 0.3) is 0 Å². The second-order valence-electron chi connectivity index (χ2n) is 4.53. The molecule has 14 heteroatoms. The van der Waals surface area contributed by atoms with Crippen molar-refractivity contribution in [3.05, 3.63) is 0 Å². The van der Waals surface area contributed by atoms with Gasteiger partial charge in [0.15, 0.2) is 0 Å². The number of rotatable bonds is 6. The molecule has 24 heavy (non-hydrogen) atoms. The lowest BCUT2D eigenvalue weighted by Gasteiger charge is -2.31. The Labute approximate surface area is 132 Å². The molecule has 1 N–H and O–H groups in total. The summed E-state index contributed by atoms with van der Waals surface area (Å²) in [7, 11) is -5.02. The lowest BCUT2D eigenvalue weighted by atomic mass is 10.1. The van der Waals surface area contributed by atoms with E-state index in [9.17, 15) is 47.9 Å². The van der Waals surface area contributed by atoms with Crippen LogP contribution in [0.4, 0.5) is 39.5 Å². The average molecular weight is 401 g/mol. The molecule has 0 amide bonds. The molecule has 0 saturated heterocycles. The number of nitrogens with zero attached hydrogens (tertiary/aromatic N) is 1. The van der Waals surface area contributed by atoms with Crippen LogP contribution in [-0.2, 0) is 10.1 Å². The Morgan fingerprint density at radius 1 is 0.875 bits per heavy atom. The Bertz CT molecular complexity index is 490.